The molecule has 38 heavy (non-hydrogen) atoms. The van der Waals surface area contributed by atoms with E-state index >= 15 is 0 Å². The van der Waals surface area contributed by atoms with Gasteiger partial charge in [-0.05, 0) is 66.4 Å². The van der Waals surface area contributed by atoms with E-state index in [9.17, 15) is 9.59 Å². The summed E-state index contributed by atoms with van der Waals surface area (Å²) in [5.41, 5.74) is 2.85. The van der Waals surface area contributed by atoms with Gasteiger partial charge in [-0.2, -0.15) is 0 Å². The Morgan fingerprint density at radius 1 is 0.947 bits per heavy atom. The second kappa shape index (κ2) is 10.9. The lowest BCUT2D eigenvalue weighted by molar-refractivity contribution is -0.137. The first-order valence-corrected chi connectivity index (χ1v) is 12.4. The molecule has 0 saturated heterocycles. The van der Waals surface area contributed by atoms with Gasteiger partial charge in [0.15, 0.2) is 18.1 Å². The fourth-order valence-electron chi connectivity index (χ4n) is 4.82. The number of carbonyl (C=O) groups is 1. The number of aryl methyl sites for hydroxylation is 1. The Hall–Kier alpha value is -4.46. The highest BCUT2D eigenvalue weighted by Crippen LogP contribution is 2.38. The standard InChI is InChI=1S/C30H29NO7/c1-19-13-30(33)38-26-15-22(9-10-23(19)26)36-17-25-24-16-28(35-3)27(34-2)14-20(24)11-12-31(25)29(32)18-37-21-7-5-4-6-8-21/h4-10,13-16,25H,11-12,17-18H2,1-3H3/t25-/m0/s1. The molecule has 0 spiro atoms. The van der Waals surface area contributed by atoms with Crippen LogP contribution in [0.2, 0.25) is 0 Å². The molecule has 4 aromatic rings. The molecule has 5 rings (SSSR count). The third-order valence-corrected chi connectivity index (χ3v) is 6.76. The van der Waals surface area contributed by atoms with Crippen LogP contribution in [0.5, 0.6) is 23.0 Å². The van der Waals surface area contributed by atoms with Gasteiger partial charge in [-0.3, -0.25) is 4.79 Å². The fraction of sp³-hybridized carbons (Fsp3) is 0.267. The van der Waals surface area contributed by atoms with Gasteiger partial charge in [0.05, 0.1) is 20.3 Å². The lowest BCUT2D eigenvalue weighted by atomic mass is 9.92. The largest absolute Gasteiger partial charge is 0.493 e. The SMILES string of the molecule is COc1cc2c(cc1OC)[C@H](COc1ccc3c(C)cc(=O)oc3c1)N(C(=O)COc1ccccc1)CC2. The molecule has 0 fully saturated rings. The number of carbonyl (C=O) groups excluding carboxylic acids is 1. The van der Waals surface area contributed by atoms with Crippen LogP contribution in [-0.4, -0.2) is 44.8 Å². The molecular weight excluding hydrogens is 486 g/mol. The van der Waals surface area contributed by atoms with Gasteiger partial charge < -0.3 is 28.3 Å². The Labute approximate surface area is 220 Å². The van der Waals surface area contributed by atoms with Gasteiger partial charge in [-0.15, -0.1) is 0 Å². The van der Waals surface area contributed by atoms with Gasteiger partial charge in [0, 0.05) is 24.1 Å². The molecule has 0 bridgehead atoms. The fourth-order valence-corrected chi connectivity index (χ4v) is 4.82. The van der Waals surface area contributed by atoms with Crippen molar-refractivity contribution in [2.24, 2.45) is 0 Å². The number of benzene rings is 3. The van der Waals surface area contributed by atoms with Crippen molar-refractivity contribution in [3.63, 3.8) is 0 Å². The monoisotopic (exact) mass is 515 g/mol. The van der Waals surface area contributed by atoms with Crippen LogP contribution in [0.4, 0.5) is 0 Å². The van der Waals surface area contributed by atoms with E-state index in [1.165, 1.54) is 6.07 Å². The number of nitrogens with zero attached hydrogens (tertiary/aromatic N) is 1. The average Bonchev–Trinajstić information content (AvgIpc) is 2.93. The van der Waals surface area contributed by atoms with Crippen molar-refractivity contribution in [1.82, 2.24) is 4.90 Å². The molecule has 0 unspecified atom stereocenters. The number of fused-ring (bicyclic) bond motifs is 2. The summed E-state index contributed by atoms with van der Waals surface area (Å²) in [5, 5.41) is 0.839. The third-order valence-electron chi connectivity index (χ3n) is 6.76. The summed E-state index contributed by atoms with van der Waals surface area (Å²) < 4.78 is 28.4. The first-order chi connectivity index (χ1) is 18.5. The number of rotatable bonds is 8. The van der Waals surface area contributed by atoms with E-state index in [0.29, 0.717) is 41.5 Å². The Bertz CT molecular complexity index is 1510. The van der Waals surface area contributed by atoms with Crippen LogP contribution >= 0.6 is 0 Å². The lowest BCUT2D eigenvalue weighted by Gasteiger charge is -2.37. The third kappa shape index (κ3) is 5.16. The van der Waals surface area contributed by atoms with Crippen molar-refractivity contribution < 1.29 is 28.2 Å². The van der Waals surface area contributed by atoms with Crippen molar-refractivity contribution in [1.29, 1.82) is 0 Å². The number of hydrogen-bond donors (Lipinski definition) is 0. The van der Waals surface area contributed by atoms with E-state index in [0.717, 1.165) is 22.1 Å². The van der Waals surface area contributed by atoms with Crippen molar-refractivity contribution in [2.45, 2.75) is 19.4 Å². The van der Waals surface area contributed by atoms with E-state index in [1.54, 1.807) is 25.2 Å². The predicted molar refractivity (Wildman–Crippen MR) is 142 cm³/mol. The van der Waals surface area contributed by atoms with Crippen LogP contribution in [0.15, 0.2) is 75.9 Å². The zero-order valence-electron chi connectivity index (χ0n) is 21.6. The van der Waals surface area contributed by atoms with Crippen molar-refractivity contribution in [3.8, 4) is 23.0 Å². The molecule has 1 aliphatic heterocycles. The number of hydrogen-bond acceptors (Lipinski definition) is 7. The minimum absolute atomic E-state index is 0.0937. The zero-order valence-corrected chi connectivity index (χ0v) is 21.6. The maximum absolute atomic E-state index is 13.4. The van der Waals surface area contributed by atoms with Crippen LogP contribution in [0.25, 0.3) is 11.0 Å². The minimum Gasteiger partial charge on any atom is -0.493 e. The molecule has 8 nitrogen and oxygen atoms in total. The molecule has 0 N–H and O–H groups in total. The van der Waals surface area contributed by atoms with Gasteiger partial charge in [0.1, 0.15) is 23.7 Å². The minimum atomic E-state index is -0.412. The Kier molecular flexibility index (Phi) is 7.22. The molecule has 2 heterocycles. The molecule has 8 heteroatoms. The molecule has 1 atom stereocenters. The normalized spacial score (nSPS) is 14.6. The molecule has 0 saturated carbocycles. The predicted octanol–water partition coefficient (Wildman–Crippen LogP) is 4.70. The van der Waals surface area contributed by atoms with Crippen molar-refractivity contribution >= 4 is 16.9 Å². The van der Waals surface area contributed by atoms with E-state index in [4.69, 9.17) is 23.4 Å². The quantitative estimate of drug-likeness (QED) is 0.314. The lowest BCUT2D eigenvalue weighted by Crippen LogP contribution is -2.44. The molecule has 196 valence electrons. The smallest absolute Gasteiger partial charge is 0.336 e. The van der Waals surface area contributed by atoms with Gasteiger partial charge >= 0.3 is 5.63 Å². The summed E-state index contributed by atoms with van der Waals surface area (Å²) in [6.07, 6.45) is 0.656. The highest BCUT2D eigenvalue weighted by molar-refractivity contribution is 5.81. The van der Waals surface area contributed by atoms with Gasteiger partial charge in [-0.1, -0.05) is 18.2 Å². The number of methoxy groups -OCH3 is 2. The topological polar surface area (TPSA) is 87.4 Å². The van der Waals surface area contributed by atoms with Crippen LogP contribution in [0, 0.1) is 6.92 Å². The first-order valence-electron chi connectivity index (χ1n) is 12.4. The van der Waals surface area contributed by atoms with E-state index in [1.807, 2.05) is 61.5 Å². The van der Waals surface area contributed by atoms with Crippen molar-refractivity contribution in [2.75, 3.05) is 34.0 Å². The summed E-state index contributed by atoms with van der Waals surface area (Å²) in [7, 11) is 3.18. The molecule has 1 aliphatic rings. The maximum atomic E-state index is 13.4. The summed E-state index contributed by atoms with van der Waals surface area (Å²) in [6.45, 7) is 2.45. The Morgan fingerprint density at radius 2 is 1.71 bits per heavy atom. The van der Waals surface area contributed by atoms with Crippen LogP contribution in [-0.2, 0) is 11.2 Å². The zero-order chi connectivity index (χ0) is 26.6. The highest BCUT2D eigenvalue weighted by atomic mass is 16.5. The average molecular weight is 516 g/mol. The molecule has 0 radical (unpaired) electrons. The van der Waals surface area contributed by atoms with E-state index in [-0.39, 0.29) is 19.1 Å². The van der Waals surface area contributed by atoms with Crippen molar-refractivity contribution in [3.05, 3.63) is 93.8 Å². The number of ether oxygens (including phenoxy) is 4. The van der Waals surface area contributed by atoms with E-state index in [2.05, 4.69) is 0 Å². The number of para-hydroxylation sites is 1. The first kappa shape index (κ1) is 25.2. The van der Waals surface area contributed by atoms with Crippen LogP contribution in [0.1, 0.15) is 22.7 Å². The molecule has 3 aromatic carbocycles. The maximum Gasteiger partial charge on any atom is 0.336 e. The van der Waals surface area contributed by atoms with Gasteiger partial charge in [0.25, 0.3) is 5.91 Å². The molecule has 0 aliphatic carbocycles. The molecule has 1 amide bonds. The Morgan fingerprint density at radius 3 is 2.47 bits per heavy atom. The van der Waals surface area contributed by atoms with Crippen LogP contribution in [0.3, 0.4) is 0 Å². The second-order valence-electron chi connectivity index (χ2n) is 9.08. The van der Waals surface area contributed by atoms with E-state index < -0.39 is 11.7 Å². The van der Waals surface area contributed by atoms with Crippen LogP contribution < -0.4 is 24.6 Å². The molecular formula is C30H29NO7. The molecule has 1 aromatic heterocycles. The summed E-state index contributed by atoms with van der Waals surface area (Å²) in [6, 6.07) is 19.6. The summed E-state index contributed by atoms with van der Waals surface area (Å²) in [4.78, 5) is 27.0. The summed E-state index contributed by atoms with van der Waals surface area (Å²) >= 11 is 0. The van der Waals surface area contributed by atoms with Gasteiger partial charge in [0.2, 0.25) is 0 Å². The Balaban J connectivity index is 1.43. The number of amides is 1. The summed E-state index contributed by atoms with van der Waals surface area (Å²) in [5.74, 6) is 2.23. The second-order valence-corrected chi connectivity index (χ2v) is 9.08. The highest BCUT2D eigenvalue weighted by Gasteiger charge is 2.33. The van der Waals surface area contributed by atoms with Gasteiger partial charge in [-0.25, -0.2) is 4.79 Å².